The average Bonchev–Trinajstić information content (AvgIpc) is 2.94. The highest BCUT2D eigenvalue weighted by atomic mass is 35.5. The van der Waals surface area contributed by atoms with Gasteiger partial charge in [-0.25, -0.2) is 4.79 Å². The summed E-state index contributed by atoms with van der Waals surface area (Å²) in [7, 11) is 0. The summed E-state index contributed by atoms with van der Waals surface area (Å²) in [6.45, 7) is 4.09. The van der Waals surface area contributed by atoms with Gasteiger partial charge in [0.2, 0.25) is 0 Å². The van der Waals surface area contributed by atoms with Crippen molar-refractivity contribution >= 4 is 17.6 Å². The van der Waals surface area contributed by atoms with Gasteiger partial charge in [-0.1, -0.05) is 41.9 Å². The van der Waals surface area contributed by atoms with Crippen LogP contribution in [0.5, 0.6) is 0 Å². The largest absolute Gasteiger partial charge is 0.462 e. The average molecular weight is 340 g/mol. The number of hydrogen-bond acceptors (Lipinski definition) is 2. The predicted molar refractivity (Wildman–Crippen MR) is 96.9 cm³/mol. The van der Waals surface area contributed by atoms with E-state index >= 15 is 0 Å². The van der Waals surface area contributed by atoms with Crippen LogP contribution in [-0.2, 0) is 4.74 Å². The Morgan fingerprint density at radius 2 is 1.75 bits per heavy atom. The highest BCUT2D eigenvalue weighted by molar-refractivity contribution is 6.30. The first-order chi connectivity index (χ1) is 11.6. The molecule has 122 valence electrons. The number of nitrogens with zero attached hydrogens (tertiary/aromatic N) is 1. The number of esters is 1. The summed E-state index contributed by atoms with van der Waals surface area (Å²) >= 11 is 6.00. The molecule has 24 heavy (non-hydrogen) atoms. The smallest absolute Gasteiger partial charge is 0.339 e. The summed E-state index contributed by atoms with van der Waals surface area (Å²) in [5.41, 5.74) is 4.34. The van der Waals surface area contributed by atoms with Crippen LogP contribution in [-0.4, -0.2) is 17.1 Å². The summed E-state index contributed by atoms with van der Waals surface area (Å²) in [4.78, 5) is 12.3. The molecule has 0 aliphatic carbocycles. The number of ether oxygens (including phenoxy) is 1. The highest BCUT2D eigenvalue weighted by Gasteiger charge is 2.20. The molecular weight excluding hydrogens is 322 g/mol. The Hall–Kier alpha value is -2.52. The number of rotatable bonds is 4. The fraction of sp³-hybridized carbons (Fsp3) is 0.150. The Balaban J connectivity index is 2.21. The van der Waals surface area contributed by atoms with Crippen molar-refractivity contribution in [2.24, 2.45) is 0 Å². The fourth-order valence-corrected chi connectivity index (χ4v) is 2.89. The van der Waals surface area contributed by atoms with E-state index in [1.807, 2.05) is 74.5 Å². The number of hydrogen-bond donors (Lipinski definition) is 0. The van der Waals surface area contributed by atoms with E-state index in [0.717, 1.165) is 22.6 Å². The number of halogens is 1. The third-order valence-electron chi connectivity index (χ3n) is 3.90. The molecule has 0 fully saturated rings. The molecule has 3 rings (SSSR count). The molecule has 0 aliphatic heterocycles. The molecule has 0 amide bonds. The van der Waals surface area contributed by atoms with Crippen LogP contribution < -0.4 is 0 Å². The standard InChI is InChI=1S/C20H18ClNO2/c1-3-24-20(23)18-13-19(15-9-11-16(21)12-10-15)22(14(18)2)17-7-5-4-6-8-17/h4-13H,3H2,1-2H3. The van der Waals surface area contributed by atoms with Gasteiger partial charge in [-0.2, -0.15) is 0 Å². The lowest BCUT2D eigenvalue weighted by Crippen LogP contribution is -2.06. The Morgan fingerprint density at radius 1 is 1.08 bits per heavy atom. The number of benzene rings is 2. The molecule has 0 radical (unpaired) electrons. The molecule has 1 aromatic heterocycles. The Bertz CT molecular complexity index is 851. The maximum Gasteiger partial charge on any atom is 0.339 e. The van der Waals surface area contributed by atoms with Crippen molar-refractivity contribution in [3.8, 4) is 16.9 Å². The third-order valence-corrected chi connectivity index (χ3v) is 4.15. The van der Waals surface area contributed by atoms with E-state index in [9.17, 15) is 4.79 Å². The van der Waals surface area contributed by atoms with Crippen molar-refractivity contribution in [3.05, 3.63) is 76.9 Å². The molecule has 3 nitrogen and oxygen atoms in total. The van der Waals surface area contributed by atoms with Gasteiger partial charge in [-0.05, 0) is 49.7 Å². The molecule has 4 heteroatoms. The number of aromatic nitrogens is 1. The quantitative estimate of drug-likeness (QED) is 0.605. The fourth-order valence-electron chi connectivity index (χ4n) is 2.77. The maximum absolute atomic E-state index is 12.3. The summed E-state index contributed by atoms with van der Waals surface area (Å²) in [6.07, 6.45) is 0. The topological polar surface area (TPSA) is 31.2 Å². The molecule has 0 saturated heterocycles. The Labute approximate surface area is 146 Å². The van der Waals surface area contributed by atoms with Crippen LogP contribution in [0.25, 0.3) is 16.9 Å². The van der Waals surface area contributed by atoms with E-state index in [0.29, 0.717) is 17.2 Å². The SMILES string of the molecule is CCOC(=O)c1cc(-c2ccc(Cl)cc2)n(-c2ccccc2)c1C. The maximum atomic E-state index is 12.3. The van der Waals surface area contributed by atoms with Crippen molar-refractivity contribution in [2.45, 2.75) is 13.8 Å². The Kier molecular flexibility index (Phi) is 4.72. The first kappa shape index (κ1) is 16.3. The molecule has 1 heterocycles. The van der Waals surface area contributed by atoms with Gasteiger partial charge in [0, 0.05) is 16.4 Å². The minimum atomic E-state index is -0.306. The van der Waals surface area contributed by atoms with Crippen LogP contribution in [0.4, 0.5) is 0 Å². The minimum Gasteiger partial charge on any atom is -0.462 e. The molecule has 0 saturated carbocycles. The van der Waals surface area contributed by atoms with Gasteiger partial charge in [-0.15, -0.1) is 0 Å². The summed E-state index contributed by atoms with van der Waals surface area (Å²) < 4.78 is 7.26. The molecule has 2 aromatic carbocycles. The van der Waals surface area contributed by atoms with Crippen molar-refractivity contribution in [3.63, 3.8) is 0 Å². The van der Waals surface area contributed by atoms with Gasteiger partial charge < -0.3 is 9.30 Å². The van der Waals surface area contributed by atoms with Crippen LogP contribution in [0.1, 0.15) is 23.0 Å². The van der Waals surface area contributed by atoms with E-state index in [-0.39, 0.29) is 5.97 Å². The number of para-hydroxylation sites is 1. The van der Waals surface area contributed by atoms with Crippen molar-refractivity contribution < 1.29 is 9.53 Å². The van der Waals surface area contributed by atoms with Crippen LogP contribution in [0.15, 0.2) is 60.7 Å². The molecule has 0 unspecified atom stereocenters. The summed E-state index contributed by atoms with van der Waals surface area (Å²) in [6, 6.07) is 19.4. The highest BCUT2D eigenvalue weighted by Crippen LogP contribution is 2.30. The van der Waals surface area contributed by atoms with Crippen LogP contribution >= 0.6 is 11.6 Å². The van der Waals surface area contributed by atoms with Gasteiger partial charge in [-0.3, -0.25) is 0 Å². The van der Waals surface area contributed by atoms with E-state index < -0.39 is 0 Å². The molecular formula is C20H18ClNO2. The van der Waals surface area contributed by atoms with Gasteiger partial charge in [0.05, 0.1) is 17.9 Å². The molecule has 0 bridgehead atoms. The van der Waals surface area contributed by atoms with Crippen molar-refractivity contribution in [2.75, 3.05) is 6.61 Å². The zero-order valence-corrected chi connectivity index (χ0v) is 14.4. The van der Waals surface area contributed by atoms with Crippen molar-refractivity contribution in [1.82, 2.24) is 4.57 Å². The molecule has 0 N–H and O–H groups in total. The lowest BCUT2D eigenvalue weighted by Gasteiger charge is -2.12. The third kappa shape index (κ3) is 3.08. The molecule has 0 atom stereocenters. The zero-order valence-electron chi connectivity index (χ0n) is 13.6. The predicted octanol–water partition coefficient (Wildman–Crippen LogP) is 5.28. The number of carbonyl (C=O) groups excluding carboxylic acids is 1. The van der Waals surface area contributed by atoms with Gasteiger partial charge in [0.25, 0.3) is 0 Å². The minimum absolute atomic E-state index is 0.306. The van der Waals surface area contributed by atoms with E-state index in [4.69, 9.17) is 16.3 Å². The first-order valence-electron chi connectivity index (χ1n) is 7.82. The van der Waals surface area contributed by atoms with Crippen LogP contribution in [0.2, 0.25) is 5.02 Å². The molecule has 3 aromatic rings. The molecule has 0 spiro atoms. The second-order valence-electron chi connectivity index (χ2n) is 5.43. The van der Waals surface area contributed by atoms with Crippen molar-refractivity contribution in [1.29, 1.82) is 0 Å². The van der Waals surface area contributed by atoms with E-state index in [2.05, 4.69) is 4.57 Å². The second kappa shape index (κ2) is 6.93. The molecule has 0 aliphatic rings. The normalized spacial score (nSPS) is 10.6. The van der Waals surface area contributed by atoms with E-state index in [1.54, 1.807) is 0 Å². The lowest BCUT2D eigenvalue weighted by atomic mass is 10.1. The summed E-state index contributed by atoms with van der Waals surface area (Å²) in [5, 5.41) is 0.680. The van der Waals surface area contributed by atoms with Gasteiger partial charge >= 0.3 is 5.97 Å². The summed E-state index contributed by atoms with van der Waals surface area (Å²) in [5.74, 6) is -0.306. The lowest BCUT2D eigenvalue weighted by molar-refractivity contribution is 0.0525. The van der Waals surface area contributed by atoms with Gasteiger partial charge in [0.1, 0.15) is 0 Å². The zero-order chi connectivity index (χ0) is 17.1. The monoisotopic (exact) mass is 339 g/mol. The second-order valence-corrected chi connectivity index (χ2v) is 5.86. The first-order valence-corrected chi connectivity index (χ1v) is 8.20. The van der Waals surface area contributed by atoms with Crippen LogP contribution in [0.3, 0.4) is 0 Å². The van der Waals surface area contributed by atoms with Gasteiger partial charge in [0.15, 0.2) is 0 Å². The van der Waals surface area contributed by atoms with E-state index in [1.165, 1.54) is 0 Å². The Morgan fingerprint density at radius 3 is 2.38 bits per heavy atom. The van der Waals surface area contributed by atoms with Crippen LogP contribution in [0, 0.1) is 6.92 Å². The number of carbonyl (C=O) groups is 1.